The highest BCUT2D eigenvalue weighted by atomic mass is 127. The van der Waals surface area contributed by atoms with Gasteiger partial charge in [0.1, 0.15) is 18.3 Å². The van der Waals surface area contributed by atoms with Crippen molar-refractivity contribution in [1.82, 2.24) is 14.8 Å². The van der Waals surface area contributed by atoms with E-state index in [9.17, 15) is 4.79 Å². The zero-order valence-electron chi connectivity index (χ0n) is 13.6. The first-order valence-electron chi connectivity index (χ1n) is 7.94. The van der Waals surface area contributed by atoms with Gasteiger partial charge in [0.05, 0.1) is 16.7 Å². The molecule has 130 valence electrons. The lowest BCUT2D eigenvalue weighted by atomic mass is 10.1. The first-order valence-corrected chi connectivity index (χ1v) is 9.96. The van der Waals surface area contributed by atoms with E-state index in [1.54, 1.807) is 5.51 Å². The molecule has 2 aromatic carbocycles. The zero-order chi connectivity index (χ0) is 17.9. The Bertz CT molecular complexity index is 1030. The summed E-state index contributed by atoms with van der Waals surface area (Å²) in [5.74, 6) is 0. The molecule has 1 atom stereocenters. The van der Waals surface area contributed by atoms with Gasteiger partial charge in [-0.2, -0.15) is 5.10 Å². The molecule has 4 rings (SSSR count). The Hall–Kier alpha value is -2.26. The second-order valence-electron chi connectivity index (χ2n) is 5.68. The molecule has 7 heteroatoms. The molecule has 0 saturated heterocycles. The zero-order valence-corrected chi connectivity index (χ0v) is 16.6. The Kier molecular flexibility index (Phi) is 4.98. The fraction of sp³-hybridized carbons (Fsp3) is 0.105. The quantitative estimate of drug-likeness (QED) is 0.304. The van der Waals surface area contributed by atoms with Crippen molar-refractivity contribution in [2.45, 2.75) is 6.04 Å². The SMILES string of the molecule is O=COCC(c1cscn1)n1nc(-c2ccccc2)c2ccc(I)cc21. The highest BCUT2D eigenvalue weighted by molar-refractivity contribution is 14.1. The van der Waals surface area contributed by atoms with Gasteiger partial charge in [-0.05, 0) is 40.8 Å². The summed E-state index contributed by atoms with van der Waals surface area (Å²) in [4.78, 5) is 15.2. The summed E-state index contributed by atoms with van der Waals surface area (Å²) in [5.41, 5.74) is 5.55. The standard InChI is InChI=1S/C19H14IN3O2S/c20-14-6-7-15-17(8-14)23(22-19(15)13-4-2-1-3-5-13)18(9-25-12-24)16-10-26-11-21-16/h1-8,10-12,18H,9H2. The summed E-state index contributed by atoms with van der Waals surface area (Å²) in [5, 5.41) is 7.91. The van der Waals surface area contributed by atoms with E-state index in [2.05, 4.69) is 45.8 Å². The molecular formula is C19H14IN3O2S. The van der Waals surface area contributed by atoms with Gasteiger partial charge < -0.3 is 4.74 Å². The maximum atomic E-state index is 10.8. The molecule has 26 heavy (non-hydrogen) atoms. The Labute approximate surface area is 167 Å². The van der Waals surface area contributed by atoms with E-state index in [1.165, 1.54) is 11.3 Å². The summed E-state index contributed by atoms with van der Waals surface area (Å²) in [6, 6.07) is 16.1. The predicted molar refractivity (Wildman–Crippen MR) is 110 cm³/mol. The lowest BCUT2D eigenvalue weighted by Crippen LogP contribution is -2.18. The van der Waals surface area contributed by atoms with Crippen LogP contribution in [0, 0.1) is 3.57 Å². The molecule has 4 aromatic rings. The van der Waals surface area contributed by atoms with Gasteiger partial charge in [0, 0.05) is 19.9 Å². The molecule has 0 amide bonds. The number of benzene rings is 2. The second-order valence-corrected chi connectivity index (χ2v) is 7.64. The van der Waals surface area contributed by atoms with Crippen LogP contribution in [0.15, 0.2) is 59.4 Å². The first kappa shape index (κ1) is 17.2. The van der Waals surface area contributed by atoms with Gasteiger partial charge in [0.15, 0.2) is 0 Å². The third-order valence-corrected chi connectivity index (χ3v) is 5.40. The van der Waals surface area contributed by atoms with Crippen LogP contribution in [0.2, 0.25) is 0 Å². The molecule has 2 heterocycles. The smallest absolute Gasteiger partial charge is 0.293 e. The molecule has 0 spiro atoms. The number of aromatic nitrogens is 3. The minimum absolute atomic E-state index is 0.184. The van der Waals surface area contributed by atoms with Gasteiger partial charge in [0.25, 0.3) is 6.47 Å². The van der Waals surface area contributed by atoms with Crippen molar-refractivity contribution in [3.05, 3.63) is 68.7 Å². The Morgan fingerprint density at radius 3 is 2.81 bits per heavy atom. The Morgan fingerprint density at radius 2 is 2.08 bits per heavy atom. The number of thiazole rings is 1. The summed E-state index contributed by atoms with van der Waals surface area (Å²) in [6.07, 6.45) is 0. The third-order valence-electron chi connectivity index (χ3n) is 4.13. The molecule has 2 aromatic heterocycles. The number of halogens is 1. The number of nitrogens with zero attached hydrogens (tertiary/aromatic N) is 3. The van der Waals surface area contributed by atoms with Crippen molar-refractivity contribution in [3.63, 3.8) is 0 Å². The number of rotatable bonds is 6. The number of carbonyl (C=O) groups is 1. The van der Waals surface area contributed by atoms with Gasteiger partial charge in [-0.3, -0.25) is 9.48 Å². The maximum absolute atomic E-state index is 10.8. The van der Waals surface area contributed by atoms with Crippen LogP contribution in [-0.4, -0.2) is 27.8 Å². The van der Waals surface area contributed by atoms with Gasteiger partial charge in [-0.1, -0.05) is 30.3 Å². The van der Waals surface area contributed by atoms with Crippen molar-refractivity contribution in [2.24, 2.45) is 0 Å². The second kappa shape index (κ2) is 7.55. The van der Waals surface area contributed by atoms with Crippen LogP contribution >= 0.6 is 33.9 Å². The van der Waals surface area contributed by atoms with E-state index in [-0.39, 0.29) is 12.6 Å². The predicted octanol–water partition coefficient (Wildman–Crippen LogP) is 4.53. The topological polar surface area (TPSA) is 57.0 Å². The van der Waals surface area contributed by atoms with Crippen molar-refractivity contribution >= 4 is 51.3 Å². The molecule has 0 aliphatic carbocycles. The molecule has 0 radical (unpaired) electrons. The highest BCUT2D eigenvalue weighted by Crippen LogP contribution is 2.32. The van der Waals surface area contributed by atoms with Crippen molar-refractivity contribution in [3.8, 4) is 11.3 Å². The van der Waals surface area contributed by atoms with E-state index in [1.807, 2.05) is 40.4 Å². The molecule has 0 aliphatic rings. The minimum atomic E-state index is -0.274. The van der Waals surface area contributed by atoms with Crippen LogP contribution < -0.4 is 0 Å². The summed E-state index contributed by atoms with van der Waals surface area (Å²) >= 11 is 3.80. The average Bonchev–Trinajstić information content (AvgIpc) is 3.32. The number of carbonyl (C=O) groups excluding carboxylic acids is 1. The van der Waals surface area contributed by atoms with Crippen LogP contribution in [0.1, 0.15) is 11.7 Å². The van der Waals surface area contributed by atoms with Gasteiger partial charge in [0.2, 0.25) is 0 Å². The normalized spacial score (nSPS) is 12.2. The Morgan fingerprint density at radius 1 is 1.23 bits per heavy atom. The fourth-order valence-electron chi connectivity index (χ4n) is 2.96. The van der Waals surface area contributed by atoms with Gasteiger partial charge in [-0.15, -0.1) is 11.3 Å². The lowest BCUT2D eigenvalue weighted by Gasteiger charge is -2.15. The average molecular weight is 475 g/mol. The number of ether oxygens (including phenoxy) is 1. The lowest BCUT2D eigenvalue weighted by molar-refractivity contribution is -0.129. The number of hydrogen-bond donors (Lipinski definition) is 0. The van der Waals surface area contributed by atoms with E-state index in [0.29, 0.717) is 6.47 Å². The van der Waals surface area contributed by atoms with Crippen molar-refractivity contribution in [1.29, 1.82) is 0 Å². The van der Waals surface area contributed by atoms with Crippen LogP contribution in [0.5, 0.6) is 0 Å². The van der Waals surface area contributed by atoms with Crippen LogP contribution in [0.4, 0.5) is 0 Å². The third kappa shape index (κ3) is 3.24. The highest BCUT2D eigenvalue weighted by Gasteiger charge is 2.22. The van der Waals surface area contributed by atoms with Crippen LogP contribution in [0.3, 0.4) is 0 Å². The molecule has 0 bridgehead atoms. The first-order chi connectivity index (χ1) is 12.8. The molecule has 0 N–H and O–H groups in total. The fourth-order valence-corrected chi connectivity index (χ4v) is 4.03. The number of fused-ring (bicyclic) bond motifs is 1. The largest absolute Gasteiger partial charge is 0.465 e. The van der Waals surface area contributed by atoms with E-state index in [4.69, 9.17) is 9.84 Å². The van der Waals surface area contributed by atoms with Crippen LogP contribution in [-0.2, 0) is 9.53 Å². The molecule has 5 nitrogen and oxygen atoms in total. The van der Waals surface area contributed by atoms with Crippen molar-refractivity contribution < 1.29 is 9.53 Å². The van der Waals surface area contributed by atoms with E-state index >= 15 is 0 Å². The van der Waals surface area contributed by atoms with Gasteiger partial charge in [-0.25, -0.2) is 4.98 Å². The minimum Gasteiger partial charge on any atom is -0.465 e. The summed E-state index contributed by atoms with van der Waals surface area (Å²) in [7, 11) is 0. The molecule has 0 saturated carbocycles. The summed E-state index contributed by atoms with van der Waals surface area (Å²) in [6.45, 7) is 0.649. The molecule has 1 unspecified atom stereocenters. The van der Waals surface area contributed by atoms with Gasteiger partial charge >= 0.3 is 0 Å². The summed E-state index contributed by atoms with van der Waals surface area (Å²) < 4.78 is 8.12. The molecular weight excluding hydrogens is 461 g/mol. The maximum Gasteiger partial charge on any atom is 0.293 e. The monoisotopic (exact) mass is 475 g/mol. The Balaban J connectivity index is 1.93. The molecule has 0 aliphatic heterocycles. The van der Waals surface area contributed by atoms with Crippen LogP contribution in [0.25, 0.3) is 22.2 Å². The van der Waals surface area contributed by atoms with Crippen molar-refractivity contribution in [2.75, 3.05) is 6.61 Å². The van der Waals surface area contributed by atoms with E-state index in [0.717, 1.165) is 31.4 Å². The molecule has 0 fully saturated rings. The van der Waals surface area contributed by atoms with E-state index < -0.39 is 0 Å². The number of hydrogen-bond acceptors (Lipinski definition) is 5.